The number of hydroxylamine groups is 4. The number of carbonyl (C=O) groups is 3. The number of amides is 3. The molecule has 172 valence electrons. The molecule has 0 radical (unpaired) electrons. The van der Waals surface area contributed by atoms with Crippen molar-refractivity contribution in [3.63, 3.8) is 0 Å². The van der Waals surface area contributed by atoms with Crippen LogP contribution in [-0.2, 0) is 24.0 Å². The van der Waals surface area contributed by atoms with Gasteiger partial charge in [0.25, 0.3) is 0 Å². The number of benzene rings is 1. The first-order valence-corrected chi connectivity index (χ1v) is 10.6. The summed E-state index contributed by atoms with van der Waals surface area (Å²) in [5, 5.41) is 1.52. The van der Waals surface area contributed by atoms with Gasteiger partial charge in [-0.1, -0.05) is 70.4 Å². The van der Waals surface area contributed by atoms with Crippen molar-refractivity contribution in [3.05, 3.63) is 41.6 Å². The van der Waals surface area contributed by atoms with Gasteiger partial charge in [0.2, 0.25) is 0 Å². The predicted octanol–water partition coefficient (Wildman–Crippen LogP) is 4.57. The summed E-state index contributed by atoms with van der Waals surface area (Å²) in [5.41, 5.74) is 0.893. The van der Waals surface area contributed by atoms with Crippen molar-refractivity contribution in [1.82, 2.24) is 10.1 Å². The highest BCUT2D eigenvalue weighted by Gasteiger charge is 2.42. The number of hydrogen-bond acceptors (Lipinski definition) is 6. The van der Waals surface area contributed by atoms with E-state index in [1.807, 2.05) is 37.3 Å². The molecule has 8 heteroatoms. The molecule has 0 N–H and O–H groups in total. The lowest BCUT2D eigenvalue weighted by Gasteiger charge is -2.13. The Bertz CT molecular complexity index is 735. The molecule has 1 aromatic rings. The van der Waals surface area contributed by atoms with Crippen LogP contribution in [0.5, 0.6) is 0 Å². The molecule has 0 saturated carbocycles. The highest BCUT2D eigenvalue weighted by molar-refractivity contribution is 6.12. The van der Waals surface area contributed by atoms with Crippen LogP contribution in [0.1, 0.15) is 58.4 Å². The van der Waals surface area contributed by atoms with Gasteiger partial charge in [-0.2, -0.15) is 5.06 Å². The van der Waals surface area contributed by atoms with E-state index in [-0.39, 0.29) is 11.7 Å². The molecule has 1 fully saturated rings. The minimum absolute atomic E-state index is 0.0741. The van der Waals surface area contributed by atoms with Crippen molar-refractivity contribution in [2.24, 2.45) is 5.92 Å². The van der Waals surface area contributed by atoms with Crippen LogP contribution in [0.4, 0.5) is 4.79 Å². The number of unbranched alkanes of at least 4 members (excludes halogenated alkanes) is 1. The van der Waals surface area contributed by atoms with E-state index in [0.29, 0.717) is 24.0 Å². The van der Waals surface area contributed by atoms with Crippen LogP contribution in [0.3, 0.4) is 0 Å². The van der Waals surface area contributed by atoms with Gasteiger partial charge in [0.05, 0.1) is 20.8 Å². The Kier molecular flexibility index (Phi) is 12.2. The normalized spacial score (nSPS) is 15.7. The maximum absolute atomic E-state index is 11.9. The molecule has 3 amide bonds. The van der Waals surface area contributed by atoms with Crippen LogP contribution in [0.25, 0.3) is 6.08 Å². The third-order valence-corrected chi connectivity index (χ3v) is 4.75. The van der Waals surface area contributed by atoms with Crippen molar-refractivity contribution in [2.75, 3.05) is 20.8 Å². The number of ether oxygens (including phenoxy) is 1. The monoisotopic (exact) mass is 434 g/mol. The molecule has 1 unspecified atom stereocenters. The number of rotatable bonds is 10. The molecular weight excluding hydrogens is 400 g/mol. The molecule has 2 rings (SSSR count). The maximum atomic E-state index is 11.9. The molecule has 1 heterocycles. The largest absolute Gasteiger partial charge is 0.465 e. The average molecular weight is 435 g/mol. The number of nitrogens with zero attached hydrogens (tertiary/aromatic N) is 2. The summed E-state index contributed by atoms with van der Waals surface area (Å²) in [6, 6.07) is 8.48. The Morgan fingerprint density at radius 1 is 1.03 bits per heavy atom. The van der Waals surface area contributed by atoms with Gasteiger partial charge >= 0.3 is 17.9 Å². The molecule has 1 aliphatic rings. The Morgan fingerprint density at radius 3 is 2.19 bits per heavy atom. The van der Waals surface area contributed by atoms with Crippen LogP contribution < -0.4 is 0 Å². The fourth-order valence-electron chi connectivity index (χ4n) is 2.84. The van der Waals surface area contributed by atoms with E-state index in [4.69, 9.17) is 14.4 Å². The van der Waals surface area contributed by atoms with E-state index in [1.165, 1.54) is 33.5 Å². The first kappa shape index (κ1) is 26.3. The zero-order valence-electron chi connectivity index (χ0n) is 19.1. The van der Waals surface area contributed by atoms with Gasteiger partial charge in [-0.25, -0.2) is 4.79 Å². The van der Waals surface area contributed by atoms with Gasteiger partial charge in [-0.15, -0.1) is 5.06 Å². The quantitative estimate of drug-likeness (QED) is 0.305. The summed E-state index contributed by atoms with van der Waals surface area (Å²) in [6.45, 7) is 6.78. The van der Waals surface area contributed by atoms with Crippen molar-refractivity contribution in [3.8, 4) is 0 Å². The van der Waals surface area contributed by atoms with E-state index in [9.17, 15) is 14.4 Å². The Labute approximate surface area is 184 Å². The smallest absolute Gasteiger partial charge is 0.380 e. The highest BCUT2D eigenvalue weighted by Crippen LogP contribution is 2.23. The molecule has 8 nitrogen and oxygen atoms in total. The highest BCUT2D eigenvalue weighted by atomic mass is 16.7. The molecule has 0 spiro atoms. The molecule has 1 aliphatic heterocycles. The summed E-state index contributed by atoms with van der Waals surface area (Å²) < 4.78 is 5.10. The molecule has 0 aromatic heterocycles. The minimum Gasteiger partial charge on any atom is -0.465 e. The third-order valence-electron chi connectivity index (χ3n) is 4.75. The van der Waals surface area contributed by atoms with E-state index >= 15 is 0 Å². The summed E-state index contributed by atoms with van der Waals surface area (Å²) in [5.74, 6) is -0.0707. The molecule has 0 bridgehead atoms. The summed E-state index contributed by atoms with van der Waals surface area (Å²) in [6.07, 6.45) is 6.80. The van der Waals surface area contributed by atoms with Crippen LogP contribution in [0, 0.1) is 5.92 Å². The number of carbonyl (C=O) groups excluding carboxylic acids is 3. The topological polar surface area (TPSA) is 85.4 Å². The second kappa shape index (κ2) is 14.3. The fourth-order valence-corrected chi connectivity index (χ4v) is 2.84. The van der Waals surface area contributed by atoms with E-state index in [0.717, 1.165) is 17.0 Å². The standard InChI is InChI=1S/C12H12N2O4.C11H22O2/c1-17-13-10(8-9-6-4-3-5-7-9)11(15)14(18-2)12(13)16;1-4-7-8-10(5-2)9-13-11(12)6-3/h3-8H,1-2H3;10H,4-9H2,1-3H3. The van der Waals surface area contributed by atoms with Crippen molar-refractivity contribution >= 4 is 24.0 Å². The van der Waals surface area contributed by atoms with Gasteiger partial charge in [0.15, 0.2) is 0 Å². The first-order chi connectivity index (χ1) is 14.9. The van der Waals surface area contributed by atoms with E-state index in [1.54, 1.807) is 6.08 Å². The van der Waals surface area contributed by atoms with Crippen LogP contribution in [0.15, 0.2) is 36.0 Å². The summed E-state index contributed by atoms with van der Waals surface area (Å²) in [4.78, 5) is 44.1. The average Bonchev–Trinajstić information content (AvgIpc) is 3.02. The Hall–Kier alpha value is -2.71. The lowest BCUT2D eigenvalue weighted by Crippen LogP contribution is -2.31. The first-order valence-electron chi connectivity index (χ1n) is 10.6. The van der Waals surface area contributed by atoms with Crippen LogP contribution >= 0.6 is 0 Å². The van der Waals surface area contributed by atoms with E-state index < -0.39 is 11.9 Å². The fraction of sp³-hybridized carbons (Fsp3) is 0.522. The second-order valence-corrected chi connectivity index (χ2v) is 6.93. The molecule has 31 heavy (non-hydrogen) atoms. The molecule has 1 saturated heterocycles. The number of imide groups is 1. The lowest BCUT2D eigenvalue weighted by atomic mass is 10.0. The minimum atomic E-state index is -0.674. The zero-order valence-corrected chi connectivity index (χ0v) is 19.1. The van der Waals surface area contributed by atoms with E-state index in [2.05, 4.69) is 13.8 Å². The molecular formula is C23H34N2O6. The lowest BCUT2D eigenvalue weighted by molar-refractivity contribution is -0.152. The van der Waals surface area contributed by atoms with Gasteiger partial charge in [0.1, 0.15) is 5.70 Å². The zero-order chi connectivity index (χ0) is 23.2. The summed E-state index contributed by atoms with van der Waals surface area (Å²) >= 11 is 0. The van der Waals surface area contributed by atoms with Crippen LogP contribution in [0.2, 0.25) is 0 Å². The van der Waals surface area contributed by atoms with Crippen molar-refractivity contribution < 1.29 is 28.8 Å². The molecule has 1 atom stereocenters. The van der Waals surface area contributed by atoms with Crippen LogP contribution in [-0.4, -0.2) is 48.9 Å². The molecule has 0 aliphatic carbocycles. The van der Waals surface area contributed by atoms with Gasteiger partial charge < -0.3 is 4.74 Å². The molecule has 1 aromatic carbocycles. The number of esters is 1. The van der Waals surface area contributed by atoms with Crippen molar-refractivity contribution in [1.29, 1.82) is 0 Å². The second-order valence-electron chi connectivity index (χ2n) is 6.93. The van der Waals surface area contributed by atoms with Gasteiger partial charge in [0, 0.05) is 6.42 Å². The summed E-state index contributed by atoms with van der Waals surface area (Å²) in [7, 11) is 2.55. The predicted molar refractivity (Wildman–Crippen MR) is 117 cm³/mol. The van der Waals surface area contributed by atoms with Gasteiger partial charge in [-0.05, 0) is 24.0 Å². The number of urea groups is 1. The van der Waals surface area contributed by atoms with Crippen molar-refractivity contribution in [2.45, 2.75) is 52.9 Å². The maximum Gasteiger partial charge on any atom is 0.380 e. The Balaban J connectivity index is 0.000000330. The number of hydrogen-bond donors (Lipinski definition) is 0. The SMILES string of the molecule is CCCCC(CC)COC(=O)CC.CON1C(=O)C(=Cc2ccccc2)N(OC)C1=O. The Morgan fingerprint density at radius 2 is 1.68 bits per heavy atom. The van der Waals surface area contributed by atoms with Gasteiger partial charge in [-0.3, -0.25) is 19.3 Å². The third kappa shape index (κ3) is 8.15.